The summed E-state index contributed by atoms with van der Waals surface area (Å²) in [5.41, 5.74) is 3.01. The third-order valence-electron chi connectivity index (χ3n) is 2.65. The van der Waals surface area contributed by atoms with Gasteiger partial charge in [-0.25, -0.2) is 0 Å². The van der Waals surface area contributed by atoms with Crippen molar-refractivity contribution in [3.05, 3.63) is 51.8 Å². The Morgan fingerprint density at radius 3 is 2.56 bits per heavy atom. The van der Waals surface area contributed by atoms with Crippen molar-refractivity contribution in [2.24, 2.45) is 0 Å². The number of anilines is 1. The van der Waals surface area contributed by atoms with E-state index in [-0.39, 0.29) is 15.8 Å². The molecule has 1 aromatic heterocycles. The lowest BCUT2D eigenvalue weighted by Crippen LogP contribution is -2.01. The van der Waals surface area contributed by atoms with Gasteiger partial charge < -0.3 is 10.4 Å². The van der Waals surface area contributed by atoms with E-state index in [1.54, 1.807) is 18.3 Å². The van der Waals surface area contributed by atoms with Crippen LogP contribution in [-0.2, 0) is 6.54 Å². The van der Waals surface area contributed by atoms with Gasteiger partial charge in [0, 0.05) is 24.6 Å². The summed E-state index contributed by atoms with van der Waals surface area (Å²) in [5, 5.41) is 13.1. The summed E-state index contributed by atoms with van der Waals surface area (Å²) in [5.74, 6) is -0.0959. The Bertz CT molecular complexity index is 550. The Morgan fingerprint density at radius 2 is 1.94 bits per heavy atom. The maximum atomic E-state index is 9.46. The van der Waals surface area contributed by atoms with Crippen LogP contribution in [0.5, 0.6) is 5.75 Å². The maximum Gasteiger partial charge on any atom is 0.152 e. The number of hydrogen-bond acceptors (Lipinski definition) is 3. The van der Waals surface area contributed by atoms with Crippen molar-refractivity contribution in [3.8, 4) is 5.75 Å². The lowest BCUT2D eigenvalue weighted by molar-refractivity contribution is 0.476. The number of nitrogens with zero attached hydrogens (tertiary/aromatic N) is 1. The van der Waals surface area contributed by atoms with Crippen molar-refractivity contribution in [3.63, 3.8) is 0 Å². The summed E-state index contributed by atoms with van der Waals surface area (Å²) in [7, 11) is 0. The summed E-state index contributed by atoms with van der Waals surface area (Å²) < 4.78 is 0. The third kappa shape index (κ3) is 2.86. The Hall–Kier alpha value is -1.45. The molecule has 0 fully saturated rings. The molecule has 94 valence electrons. The lowest BCUT2D eigenvalue weighted by Gasteiger charge is -2.10. The maximum absolute atomic E-state index is 9.46. The Labute approximate surface area is 115 Å². The average Bonchev–Trinajstić information content (AvgIpc) is 2.35. The lowest BCUT2D eigenvalue weighted by atomic mass is 10.1. The van der Waals surface area contributed by atoms with E-state index in [4.69, 9.17) is 23.2 Å². The first-order valence-corrected chi connectivity index (χ1v) is 6.15. The molecular formula is C13H12Cl2N2O. The molecule has 0 amide bonds. The number of phenols is 1. The second kappa shape index (κ2) is 5.46. The molecule has 0 atom stereocenters. The fourth-order valence-corrected chi connectivity index (χ4v) is 2.03. The number of phenolic OH excluding ortho intramolecular Hbond substituents is 1. The molecule has 0 radical (unpaired) electrons. The first kappa shape index (κ1) is 13.0. The van der Waals surface area contributed by atoms with Crippen LogP contribution >= 0.6 is 23.2 Å². The molecule has 2 rings (SSSR count). The molecule has 1 heterocycles. The molecule has 0 unspecified atom stereocenters. The molecule has 0 spiro atoms. The van der Waals surface area contributed by atoms with E-state index >= 15 is 0 Å². The minimum atomic E-state index is -0.0959. The van der Waals surface area contributed by atoms with Crippen molar-refractivity contribution in [1.29, 1.82) is 0 Å². The second-order valence-corrected chi connectivity index (χ2v) is 4.76. The molecule has 2 N–H and O–H groups in total. The predicted octanol–water partition coefficient (Wildman–Crippen LogP) is 4.01. The Kier molecular flexibility index (Phi) is 3.94. The quantitative estimate of drug-likeness (QED) is 0.836. The van der Waals surface area contributed by atoms with Gasteiger partial charge in [0.25, 0.3) is 0 Å². The standard InChI is InChI=1S/C13H12Cl2N2O/c1-8-2-3-16-6-9(8)7-17-10-4-11(14)13(18)12(15)5-10/h2-6,17-18H,7H2,1H3. The zero-order valence-electron chi connectivity index (χ0n) is 9.74. The average molecular weight is 283 g/mol. The van der Waals surface area contributed by atoms with E-state index in [0.717, 1.165) is 16.8 Å². The molecule has 2 aromatic rings. The van der Waals surface area contributed by atoms with E-state index < -0.39 is 0 Å². The Balaban J connectivity index is 2.14. The van der Waals surface area contributed by atoms with Gasteiger partial charge in [0.05, 0.1) is 10.0 Å². The SMILES string of the molecule is Cc1ccncc1CNc1cc(Cl)c(O)c(Cl)c1. The smallest absolute Gasteiger partial charge is 0.152 e. The summed E-state index contributed by atoms with van der Waals surface area (Å²) in [6.07, 6.45) is 3.57. The molecule has 0 saturated carbocycles. The highest BCUT2D eigenvalue weighted by Crippen LogP contribution is 2.34. The largest absolute Gasteiger partial charge is 0.505 e. The van der Waals surface area contributed by atoms with E-state index in [1.165, 1.54) is 0 Å². The minimum absolute atomic E-state index is 0.0959. The topological polar surface area (TPSA) is 45.2 Å². The van der Waals surface area contributed by atoms with Crippen LogP contribution in [-0.4, -0.2) is 10.1 Å². The summed E-state index contributed by atoms with van der Waals surface area (Å²) in [6.45, 7) is 2.65. The van der Waals surface area contributed by atoms with Crippen LogP contribution in [0.3, 0.4) is 0 Å². The number of aromatic nitrogens is 1. The van der Waals surface area contributed by atoms with Gasteiger partial charge in [0.2, 0.25) is 0 Å². The number of aryl methyl sites for hydroxylation is 1. The van der Waals surface area contributed by atoms with Gasteiger partial charge in [0.1, 0.15) is 0 Å². The van der Waals surface area contributed by atoms with E-state index in [1.807, 2.05) is 19.2 Å². The molecular weight excluding hydrogens is 271 g/mol. The van der Waals surface area contributed by atoms with Crippen molar-refractivity contribution in [1.82, 2.24) is 4.98 Å². The van der Waals surface area contributed by atoms with Gasteiger partial charge >= 0.3 is 0 Å². The highest BCUT2D eigenvalue weighted by Gasteiger charge is 2.06. The molecule has 0 aliphatic heterocycles. The fourth-order valence-electron chi connectivity index (χ4n) is 1.55. The van der Waals surface area contributed by atoms with Gasteiger partial charge in [-0.3, -0.25) is 4.98 Å². The van der Waals surface area contributed by atoms with Crippen molar-refractivity contribution >= 4 is 28.9 Å². The highest BCUT2D eigenvalue weighted by atomic mass is 35.5. The Morgan fingerprint density at radius 1 is 1.28 bits per heavy atom. The van der Waals surface area contributed by atoms with Crippen LogP contribution in [0, 0.1) is 6.92 Å². The third-order valence-corrected chi connectivity index (χ3v) is 3.22. The summed E-state index contributed by atoms with van der Waals surface area (Å²) in [6, 6.07) is 5.22. The van der Waals surface area contributed by atoms with Gasteiger partial charge in [-0.05, 0) is 36.2 Å². The van der Waals surface area contributed by atoms with Gasteiger partial charge in [-0.15, -0.1) is 0 Å². The molecule has 18 heavy (non-hydrogen) atoms. The first-order chi connectivity index (χ1) is 8.58. The van der Waals surface area contributed by atoms with Crippen LogP contribution in [0.2, 0.25) is 10.0 Å². The zero-order chi connectivity index (χ0) is 13.1. The second-order valence-electron chi connectivity index (χ2n) is 3.94. The zero-order valence-corrected chi connectivity index (χ0v) is 11.3. The number of nitrogens with one attached hydrogen (secondary N) is 1. The molecule has 0 aliphatic carbocycles. The van der Waals surface area contributed by atoms with Gasteiger partial charge in [0.15, 0.2) is 5.75 Å². The predicted molar refractivity (Wildman–Crippen MR) is 74.4 cm³/mol. The van der Waals surface area contributed by atoms with Gasteiger partial charge in [-0.2, -0.15) is 0 Å². The van der Waals surface area contributed by atoms with Crippen LogP contribution in [0.15, 0.2) is 30.6 Å². The van der Waals surface area contributed by atoms with Crippen molar-refractivity contribution in [2.75, 3.05) is 5.32 Å². The van der Waals surface area contributed by atoms with Gasteiger partial charge in [-0.1, -0.05) is 23.2 Å². The molecule has 3 nitrogen and oxygen atoms in total. The molecule has 0 saturated heterocycles. The fraction of sp³-hybridized carbons (Fsp3) is 0.154. The van der Waals surface area contributed by atoms with E-state index in [0.29, 0.717) is 6.54 Å². The van der Waals surface area contributed by atoms with Crippen LogP contribution in [0.25, 0.3) is 0 Å². The normalized spacial score (nSPS) is 10.4. The summed E-state index contributed by atoms with van der Waals surface area (Å²) in [4.78, 5) is 4.07. The number of rotatable bonds is 3. The number of aromatic hydroxyl groups is 1. The van der Waals surface area contributed by atoms with Crippen LogP contribution in [0.1, 0.15) is 11.1 Å². The van der Waals surface area contributed by atoms with Crippen LogP contribution < -0.4 is 5.32 Å². The van der Waals surface area contributed by atoms with E-state index in [9.17, 15) is 5.11 Å². The van der Waals surface area contributed by atoms with Crippen molar-refractivity contribution < 1.29 is 5.11 Å². The minimum Gasteiger partial charge on any atom is -0.505 e. The molecule has 5 heteroatoms. The summed E-state index contributed by atoms with van der Waals surface area (Å²) >= 11 is 11.7. The molecule has 1 aromatic carbocycles. The van der Waals surface area contributed by atoms with Crippen LogP contribution in [0.4, 0.5) is 5.69 Å². The number of halogens is 2. The van der Waals surface area contributed by atoms with E-state index in [2.05, 4.69) is 10.3 Å². The number of pyridine rings is 1. The molecule has 0 aliphatic rings. The van der Waals surface area contributed by atoms with Crippen molar-refractivity contribution in [2.45, 2.75) is 13.5 Å². The highest BCUT2D eigenvalue weighted by molar-refractivity contribution is 6.37. The number of benzene rings is 1. The first-order valence-electron chi connectivity index (χ1n) is 5.39. The monoisotopic (exact) mass is 282 g/mol. The number of hydrogen-bond donors (Lipinski definition) is 2. The molecule has 0 bridgehead atoms.